The number of benzene rings is 1. The number of carbonyl (C=O) groups is 2. The highest BCUT2D eigenvalue weighted by Gasteiger charge is 2.34. The Hall–Kier alpha value is -2.57. The van der Waals surface area contributed by atoms with Gasteiger partial charge in [-0.05, 0) is 44.9 Å². The van der Waals surface area contributed by atoms with E-state index in [-0.39, 0.29) is 29.9 Å². The van der Waals surface area contributed by atoms with E-state index in [9.17, 15) is 9.59 Å². The van der Waals surface area contributed by atoms with Crippen LogP contribution in [0.15, 0.2) is 24.4 Å². The number of nitrogens with zero attached hydrogens (tertiary/aromatic N) is 3. The van der Waals surface area contributed by atoms with Crippen LogP contribution in [0.5, 0.6) is 0 Å². The fourth-order valence-corrected chi connectivity index (χ4v) is 3.45. The van der Waals surface area contributed by atoms with Gasteiger partial charge in [0.25, 0.3) is 0 Å². The second-order valence-corrected chi connectivity index (χ2v) is 7.62. The molecule has 0 spiro atoms. The molecule has 1 aliphatic heterocycles. The number of hydrogen-bond acceptors (Lipinski definition) is 3. The van der Waals surface area contributed by atoms with Crippen molar-refractivity contribution in [3.05, 3.63) is 24.4 Å². The Morgan fingerprint density at radius 2 is 2.00 bits per heavy atom. The van der Waals surface area contributed by atoms with E-state index >= 15 is 0 Å². The van der Waals surface area contributed by atoms with Crippen LogP contribution in [-0.4, -0.2) is 45.8 Å². The number of aromatic nitrogens is 2. The standard InChI is InChI=1S/C19H25N5O2/c1-12(2)24-17-8-15(7-6-14(17)9-20-24)22-19(26)23-10-16(11-23)21-18(25)13-4-3-5-13/h6-9,12-13,16H,3-5,10-11H2,1-2H3,(H,21,25)(H,22,26). The van der Waals surface area contributed by atoms with Crippen LogP contribution in [0.25, 0.3) is 10.9 Å². The molecule has 3 amide bonds. The van der Waals surface area contributed by atoms with Crippen LogP contribution < -0.4 is 10.6 Å². The summed E-state index contributed by atoms with van der Waals surface area (Å²) in [6, 6.07) is 6.02. The van der Waals surface area contributed by atoms with Gasteiger partial charge in [0.05, 0.1) is 17.8 Å². The summed E-state index contributed by atoms with van der Waals surface area (Å²) in [4.78, 5) is 26.1. The third-order valence-corrected chi connectivity index (χ3v) is 5.33. The van der Waals surface area contributed by atoms with E-state index < -0.39 is 0 Å². The maximum atomic E-state index is 12.4. The van der Waals surface area contributed by atoms with E-state index in [1.807, 2.05) is 29.1 Å². The van der Waals surface area contributed by atoms with E-state index in [4.69, 9.17) is 0 Å². The maximum Gasteiger partial charge on any atom is 0.321 e. The minimum absolute atomic E-state index is 0.0821. The Kier molecular flexibility index (Phi) is 4.30. The van der Waals surface area contributed by atoms with Crippen molar-refractivity contribution in [1.29, 1.82) is 0 Å². The van der Waals surface area contributed by atoms with Crippen molar-refractivity contribution >= 4 is 28.5 Å². The smallest absolute Gasteiger partial charge is 0.321 e. The van der Waals surface area contributed by atoms with E-state index in [2.05, 4.69) is 29.6 Å². The summed E-state index contributed by atoms with van der Waals surface area (Å²) in [7, 11) is 0. The number of amides is 3. The first kappa shape index (κ1) is 16.9. The zero-order valence-corrected chi connectivity index (χ0v) is 15.2. The minimum Gasteiger partial charge on any atom is -0.350 e. The van der Waals surface area contributed by atoms with Crippen molar-refractivity contribution in [1.82, 2.24) is 20.0 Å². The minimum atomic E-state index is -0.130. The highest BCUT2D eigenvalue weighted by atomic mass is 16.2. The number of nitrogens with one attached hydrogen (secondary N) is 2. The van der Waals surface area contributed by atoms with Crippen LogP contribution in [0.3, 0.4) is 0 Å². The zero-order valence-electron chi connectivity index (χ0n) is 15.2. The molecule has 7 nitrogen and oxygen atoms in total. The van der Waals surface area contributed by atoms with Crippen molar-refractivity contribution in [2.24, 2.45) is 5.92 Å². The van der Waals surface area contributed by atoms with Crippen LogP contribution in [0.2, 0.25) is 0 Å². The number of urea groups is 1. The molecule has 0 bridgehead atoms. The van der Waals surface area contributed by atoms with Crippen LogP contribution in [0.4, 0.5) is 10.5 Å². The van der Waals surface area contributed by atoms with Gasteiger partial charge in [0.2, 0.25) is 5.91 Å². The molecule has 2 N–H and O–H groups in total. The number of rotatable bonds is 4. The van der Waals surface area contributed by atoms with Gasteiger partial charge in [-0.2, -0.15) is 5.10 Å². The zero-order chi connectivity index (χ0) is 18.3. The lowest BCUT2D eigenvalue weighted by Crippen LogP contribution is -2.62. The van der Waals surface area contributed by atoms with Crippen molar-refractivity contribution in [3.63, 3.8) is 0 Å². The van der Waals surface area contributed by atoms with Crippen LogP contribution in [0, 0.1) is 5.92 Å². The summed E-state index contributed by atoms with van der Waals surface area (Å²) in [5.41, 5.74) is 1.76. The number of anilines is 1. The average molecular weight is 355 g/mol. The Morgan fingerprint density at radius 1 is 1.23 bits per heavy atom. The molecule has 1 aromatic heterocycles. The lowest BCUT2D eigenvalue weighted by atomic mass is 9.84. The predicted octanol–water partition coefficient (Wildman–Crippen LogP) is 2.75. The second kappa shape index (κ2) is 6.63. The third-order valence-electron chi connectivity index (χ3n) is 5.33. The van der Waals surface area contributed by atoms with Crippen molar-refractivity contribution in [2.75, 3.05) is 18.4 Å². The first-order valence-corrected chi connectivity index (χ1v) is 9.35. The van der Waals surface area contributed by atoms with Gasteiger partial charge in [-0.3, -0.25) is 9.48 Å². The van der Waals surface area contributed by atoms with E-state index in [0.717, 1.165) is 35.9 Å². The molecule has 0 radical (unpaired) electrons. The summed E-state index contributed by atoms with van der Waals surface area (Å²) in [5.74, 6) is 0.337. The number of hydrogen-bond donors (Lipinski definition) is 2. The first-order valence-electron chi connectivity index (χ1n) is 9.35. The molecule has 1 saturated carbocycles. The molecule has 7 heteroatoms. The van der Waals surface area contributed by atoms with Crippen molar-refractivity contribution < 1.29 is 9.59 Å². The molecule has 1 saturated heterocycles. The summed E-state index contributed by atoms with van der Waals surface area (Å²) >= 11 is 0. The molecule has 1 aromatic carbocycles. The SMILES string of the molecule is CC(C)n1ncc2ccc(NC(=O)N3CC(NC(=O)C4CCC4)C3)cc21. The molecule has 1 aliphatic carbocycles. The van der Waals surface area contributed by atoms with Gasteiger partial charge in [0.1, 0.15) is 0 Å². The van der Waals surface area contributed by atoms with Gasteiger partial charge >= 0.3 is 6.03 Å². The molecule has 0 unspecified atom stereocenters. The number of likely N-dealkylation sites (tertiary alicyclic amines) is 1. The Bertz CT molecular complexity index is 834. The quantitative estimate of drug-likeness (QED) is 0.885. The van der Waals surface area contributed by atoms with Crippen molar-refractivity contribution in [3.8, 4) is 0 Å². The monoisotopic (exact) mass is 355 g/mol. The first-order chi connectivity index (χ1) is 12.5. The van der Waals surface area contributed by atoms with E-state index in [0.29, 0.717) is 13.1 Å². The Balaban J connectivity index is 1.33. The lowest BCUT2D eigenvalue weighted by Gasteiger charge is -2.40. The second-order valence-electron chi connectivity index (χ2n) is 7.62. The molecule has 2 aromatic rings. The van der Waals surface area contributed by atoms with E-state index in [1.165, 1.54) is 0 Å². The normalized spacial score (nSPS) is 17.9. The van der Waals surface area contributed by atoms with Gasteiger partial charge in [-0.25, -0.2) is 4.79 Å². The summed E-state index contributed by atoms with van der Waals surface area (Å²) in [5, 5.41) is 11.4. The molecule has 2 fully saturated rings. The lowest BCUT2D eigenvalue weighted by molar-refractivity contribution is -0.129. The highest BCUT2D eigenvalue weighted by Crippen LogP contribution is 2.27. The van der Waals surface area contributed by atoms with Crippen LogP contribution >= 0.6 is 0 Å². The maximum absolute atomic E-state index is 12.4. The number of fused-ring (bicyclic) bond motifs is 1. The van der Waals surface area contributed by atoms with Gasteiger partial charge in [0, 0.05) is 36.1 Å². The molecular formula is C19H25N5O2. The topological polar surface area (TPSA) is 79.3 Å². The summed E-state index contributed by atoms with van der Waals surface area (Å²) in [6.07, 6.45) is 4.99. The fourth-order valence-electron chi connectivity index (χ4n) is 3.45. The molecule has 26 heavy (non-hydrogen) atoms. The van der Waals surface area contributed by atoms with Gasteiger partial charge in [0.15, 0.2) is 0 Å². The largest absolute Gasteiger partial charge is 0.350 e. The Labute approximate surface area is 152 Å². The van der Waals surface area contributed by atoms with Gasteiger partial charge in [-0.1, -0.05) is 6.42 Å². The predicted molar refractivity (Wildman–Crippen MR) is 100.0 cm³/mol. The van der Waals surface area contributed by atoms with Crippen molar-refractivity contribution in [2.45, 2.75) is 45.2 Å². The molecule has 138 valence electrons. The van der Waals surface area contributed by atoms with E-state index in [1.54, 1.807) is 4.90 Å². The molecule has 4 rings (SSSR count). The fraction of sp³-hybridized carbons (Fsp3) is 0.526. The molecule has 2 heterocycles. The van der Waals surface area contributed by atoms with Gasteiger partial charge < -0.3 is 15.5 Å². The molecule has 0 atom stereocenters. The molecule has 2 aliphatic rings. The van der Waals surface area contributed by atoms with Crippen LogP contribution in [-0.2, 0) is 4.79 Å². The summed E-state index contributed by atoms with van der Waals surface area (Å²) in [6.45, 7) is 5.29. The highest BCUT2D eigenvalue weighted by molar-refractivity contribution is 5.93. The van der Waals surface area contributed by atoms with Gasteiger partial charge in [-0.15, -0.1) is 0 Å². The average Bonchev–Trinajstić information content (AvgIpc) is 2.91. The Morgan fingerprint density at radius 3 is 2.65 bits per heavy atom. The van der Waals surface area contributed by atoms with Crippen LogP contribution in [0.1, 0.15) is 39.2 Å². The summed E-state index contributed by atoms with van der Waals surface area (Å²) < 4.78 is 1.95. The number of carbonyl (C=O) groups excluding carboxylic acids is 2. The third kappa shape index (κ3) is 3.13. The molecular weight excluding hydrogens is 330 g/mol.